The molecule has 0 aliphatic carbocycles. The van der Waals surface area contributed by atoms with E-state index < -0.39 is 5.97 Å². The van der Waals surface area contributed by atoms with Crippen molar-refractivity contribution in [2.45, 2.75) is 6.54 Å². The van der Waals surface area contributed by atoms with Crippen molar-refractivity contribution in [3.8, 4) is 0 Å². The van der Waals surface area contributed by atoms with Crippen molar-refractivity contribution in [3.63, 3.8) is 0 Å². The number of halogens is 1. The van der Waals surface area contributed by atoms with E-state index in [9.17, 15) is 9.18 Å². The van der Waals surface area contributed by atoms with Crippen LogP contribution in [0.5, 0.6) is 0 Å². The number of carbonyl (C=O) groups excluding carboxylic acids is 1. The lowest BCUT2D eigenvalue weighted by Gasteiger charge is -2.02. The first-order chi connectivity index (χ1) is 9.24. The minimum atomic E-state index is -0.434. The summed E-state index contributed by atoms with van der Waals surface area (Å²) in [6, 6.07) is 7.65. The van der Waals surface area contributed by atoms with E-state index in [2.05, 4.69) is 5.10 Å². The second-order valence-corrected chi connectivity index (χ2v) is 3.82. The number of carbonyl (C=O) groups is 1. The van der Waals surface area contributed by atoms with E-state index in [-0.39, 0.29) is 12.4 Å². The number of hydrogen-bond acceptors (Lipinski definition) is 3. The first kappa shape index (κ1) is 13.0. The Morgan fingerprint density at radius 1 is 1.37 bits per heavy atom. The van der Waals surface area contributed by atoms with Crippen LogP contribution in [0.4, 0.5) is 4.39 Å². The summed E-state index contributed by atoms with van der Waals surface area (Å²) in [5, 5.41) is 3.99. The zero-order valence-electron chi connectivity index (χ0n) is 10.2. The second-order valence-electron chi connectivity index (χ2n) is 3.82. The van der Waals surface area contributed by atoms with Crippen LogP contribution < -0.4 is 0 Å². The molecule has 1 heterocycles. The van der Waals surface area contributed by atoms with Gasteiger partial charge in [-0.2, -0.15) is 5.10 Å². The van der Waals surface area contributed by atoms with Crippen molar-refractivity contribution in [2.75, 3.05) is 6.61 Å². The molecule has 2 rings (SSSR count). The molecule has 19 heavy (non-hydrogen) atoms. The van der Waals surface area contributed by atoms with Gasteiger partial charge in [-0.05, 0) is 29.8 Å². The van der Waals surface area contributed by atoms with E-state index in [4.69, 9.17) is 4.74 Å². The molecule has 1 aromatic carbocycles. The summed E-state index contributed by atoms with van der Waals surface area (Å²) in [7, 11) is 0. The molecule has 1 aromatic heterocycles. The average Bonchev–Trinajstić information content (AvgIpc) is 2.91. The van der Waals surface area contributed by atoms with Gasteiger partial charge >= 0.3 is 5.97 Å². The van der Waals surface area contributed by atoms with Gasteiger partial charge in [-0.15, -0.1) is 0 Å². The number of ether oxygens (including phenoxy) is 1. The summed E-state index contributed by atoms with van der Waals surface area (Å²) in [5.41, 5.74) is 0.741. The lowest BCUT2D eigenvalue weighted by molar-refractivity contribution is -0.138. The molecule has 0 N–H and O–H groups in total. The highest BCUT2D eigenvalue weighted by Crippen LogP contribution is 2.04. The van der Waals surface area contributed by atoms with Crippen molar-refractivity contribution in [2.24, 2.45) is 0 Å². The van der Waals surface area contributed by atoms with Gasteiger partial charge in [0, 0.05) is 18.5 Å². The molecule has 0 amide bonds. The van der Waals surface area contributed by atoms with E-state index in [0.29, 0.717) is 6.54 Å². The number of esters is 1. The first-order valence-corrected chi connectivity index (χ1v) is 5.82. The van der Waals surface area contributed by atoms with Crippen molar-refractivity contribution in [1.29, 1.82) is 0 Å². The molecule has 0 aliphatic rings. The number of benzene rings is 1. The Bertz CT molecular complexity index is 547. The molecule has 0 atom stereocenters. The van der Waals surface area contributed by atoms with Crippen LogP contribution in [0, 0.1) is 5.82 Å². The molecule has 0 spiro atoms. The molecule has 0 saturated carbocycles. The fraction of sp³-hybridized carbons (Fsp3) is 0.143. The highest BCUT2D eigenvalue weighted by Gasteiger charge is 1.98. The molecular formula is C14H13FN2O2. The van der Waals surface area contributed by atoms with Crippen molar-refractivity contribution in [3.05, 3.63) is 60.2 Å². The molecule has 0 bridgehead atoms. The van der Waals surface area contributed by atoms with Crippen molar-refractivity contribution < 1.29 is 13.9 Å². The Hall–Kier alpha value is -2.43. The SMILES string of the molecule is O=C(/C=C/c1ccc(F)cc1)OCCn1cccn1. The van der Waals surface area contributed by atoms with Gasteiger partial charge in [-0.3, -0.25) is 4.68 Å². The normalized spacial score (nSPS) is 10.8. The standard InChI is InChI=1S/C14H13FN2O2/c15-13-5-2-12(3-6-13)4-7-14(18)19-11-10-17-9-1-8-16-17/h1-9H,10-11H2/b7-4+. The van der Waals surface area contributed by atoms with Crippen LogP contribution in [0.1, 0.15) is 5.56 Å². The topological polar surface area (TPSA) is 44.1 Å². The van der Waals surface area contributed by atoms with E-state index >= 15 is 0 Å². The van der Waals surface area contributed by atoms with Crippen LogP contribution in [0.15, 0.2) is 48.8 Å². The summed E-state index contributed by atoms with van der Waals surface area (Å²) in [6.45, 7) is 0.775. The average molecular weight is 260 g/mol. The summed E-state index contributed by atoms with van der Waals surface area (Å²) in [5.74, 6) is -0.740. The Morgan fingerprint density at radius 3 is 2.84 bits per heavy atom. The molecule has 2 aromatic rings. The molecule has 0 unspecified atom stereocenters. The monoisotopic (exact) mass is 260 g/mol. The van der Waals surface area contributed by atoms with E-state index in [1.807, 2.05) is 0 Å². The summed E-state index contributed by atoms with van der Waals surface area (Å²) >= 11 is 0. The van der Waals surface area contributed by atoms with Crippen LogP contribution in [-0.4, -0.2) is 22.4 Å². The Morgan fingerprint density at radius 2 is 2.16 bits per heavy atom. The second kappa shape index (κ2) is 6.49. The third-order valence-corrected chi connectivity index (χ3v) is 2.41. The maximum absolute atomic E-state index is 12.7. The minimum Gasteiger partial charge on any atom is -0.461 e. The van der Waals surface area contributed by atoms with Gasteiger partial charge in [-0.25, -0.2) is 9.18 Å². The zero-order chi connectivity index (χ0) is 13.5. The fourth-order valence-corrected chi connectivity index (χ4v) is 1.46. The molecule has 4 nitrogen and oxygen atoms in total. The number of rotatable bonds is 5. The van der Waals surface area contributed by atoms with Gasteiger partial charge in [0.2, 0.25) is 0 Å². The maximum atomic E-state index is 12.7. The molecule has 98 valence electrons. The van der Waals surface area contributed by atoms with E-state index in [1.165, 1.54) is 18.2 Å². The largest absolute Gasteiger partial charge is 0.461 e. The molecule has 0 aliphatic heterocycles. The summed E-state index contributed by atoms with van der Waals surface area (Å²) in [4.78, 5) is 11.4. The van der Waals surface area contributed by atoms with E-state index in [1.54, 1.807) is 41.4 Å². The van der Waals surface area contributed by atoms with Crippen LogP contribution in [0.3, 0.4) is 0 Å². The van der Waals surface area contributed by atoms with Crippen molar-refractivity contribution >= 4 is 12.0 Å². The van der Waals surface area contributed by atoms with Crippen LogP contribution in [-0.2, 0) is 16.1 Å². The maximum Gasteiger partial charge on any atom is 0.330 e. The highest BCUT2D eigenvalue weighted by molar-refractivity contribution is 5.86. The molecule has 0 radical (unpaired) electrons. The van der Waals surface area contributed by atoms with Crippen LogP contribution in [0.2, 0.25) is 0 Å². The molecule has 0 fully saturated rings. The lowest BCUT2D eigenvalue weighted by Crippen LogP contribution is -2.09. The van der Waals surface area contributed by atoms with Crippen LogP contribution >= 0.6 is 0 Å². The fourth-order valence-electron chi connectivity index (χ4n) is 1.46. The Labute approximate surface area is 110 Å². The predicted octanol–water partition coefficient (Wildman–Crippen LogP) is 2.28. The first-order valence-electron chi connectivity index (χ1n) is 5.82. The molecule has 0 saturated heterocycles. The Balaban J connectivity index is 1.76. The highest BCUT2D eigenvalue weighted by atomic mass is 19.1. The third kappa shape index (κ3) is 4.39. The lowest BCUT2D eigenvalue weighted by atomic mass is 10.2. The van der Waals surface area contributed by atoms with Gasteiger partial charge in [0.05, 0.1) is 6.54 Å². The van der Waals surface area contributed by atoms with Crippen molar-refractivity contribution in [1.82, 2.24) is 9.78 Å². The van der Waals surface area contributed by atoms with Gasteiger partial charge in [0.15, 0.2) is 0 Å². The molecular weight excluding hydrogens is 247 g/mol. The summed E-state index contributed by atoms with van der Waals surface area (Å²) < 4.78 is 19.3. The minimum absolute atomic E-state index is 0.258. The van der Waals surface area contributed by atoms with Gasteiger partial charge < -0.3 is 4.74 Å². The summed E-state index contributed by atoms with van der Waals surface area (Å²) in [6.07, 6.45) is 6.35. The molecule has 5 heteroatoms. The smallest absolute Gasteiger partial charge is 0.330 e. The van der Waals surface area contributed by atoms with Crippen LogP contribution in [0.25, 0.3) is 6.08 Å². The van der Waals surface area contributed by atoms with Gasteiger partial charge in [-0.1, -0.05) is 12.1 Å². The predicted molar refractivity (Wildman–Crippen MR) is 68.6 cm³/mol. The quantitative estimate of drug-likeness (QED) is 0.612. The van der Waals surface area contributed by atoms with E-state index in [0.717, 1.165) is 5.56 Å². The number of aromatic nitrogens is 2. The van der Waals surface area contributed by atoms with Gasteiger partial charge in [0.25, 0.3) is 0 Å². The number of hydrogen-bond donors (Lipinski definition) is 0. The van der Waals surface area contributed by atoms with Gasteiger partial charge in [0.1, 0.15) is 12.4 Å². The Kier molecular flexibility index (Phi) is 4.44. The zero-order valence-corrected chi connectivity index (χ0v) is 10.2. The third-order valence-electron chi connectivity index (χ3n) is 2.41. The number of nitrogens with zero attached hydrogens (tertiary/aromatic N) is 2.